The molecule has 1 amide bonds. The van der Waals surface area contributed by atoms with Crippen LogP contribution < -0.4 is 11.1 Å². The third-order valence-corrected chi connectivity index (χ3v) is 3.15. The van der Waals surface area contributed by atoms with E-state index in [-0.39, 0.29) is 24.1 Å². The van der Waals surface area contributed by atoms with Crippen LogP contribution in [0.2, 0.25) is 0 Å². The van der Waals surface area contributed by atoms with Crippen molar-refractivity contribution in [2.75, 3.05) is 26.2 Å². The second kappa shape index (κ2) is 7.71. The molecule has 1 fully saturated rings. The van der Waals surface area contributed by atoms with Crippen LogP contribution in [0.4, 0.5) is 0 Å². The molecule has 1 aliphatic heterocycles. The molecule has 0 radical (unpaired) electrons. The smallest absolute Gasteiger partial charge is 0.234 e. The van der Waals surface area contributed by atoms with Crippen molar-refractivity contribution < 1.29 is 9.53 Å². The summed E-state index contributed by atoms with van der Waals surface area (Å²) < 4.78 is 5.60. The van der Waals surface area contributed by atoms with E-state index < -0.39 is 0 Å². The number of rotatable bonds is 6. The van der Waals surface area contributed by atoms with Crippen LogP contribution in [0, 0.1) is 0 Å². The monoisotopic (exact) mass is 257 g/mol. The highest BCUT2D eigenvalue weighted by atomic mass is 16.5. The van der Waals surface area contributed by atoms with Crippen molar-refractivity contribution in [3.8, 4) is 0 Å². The van der Waals surface area contributed by atoms with Crippen molar-refractivity contribution in [2.45, 2.75) is 51.8 Å². The van der Waals surface area contributed by atoms with Crippen LogP contribution in [-0.2, 0) is 9.53 Å². The number of hydrogen-bond donors (Lipinski definition) is 2. The Morgan fingerprint density at radius 1 is 1.56 bits per heavy atom. The minimum atomic E-state index is -0.261. The summed E-state index contributed by atoms with van der Waals surface area (Å²) in [5, 5.41) is 3.21. The highest BCUT2D eigenvalue weighted by molar-refractivity contribution is 5.79. The molecule has 0 saturated carbocycles. The van der Waals surface area contributed by atoms with Gasteiger partial charge in [-0.3, -0.25) is 4.79 Å². The zero-order valence-electron chi connectivity index (χ0n) is 11.8. The summed E-state index contributed by atoms with van der Waals surface area (Å²) in [6.45, 7) is 9.85. The van der Waals surface area contributed by atoms with E-state index in [1.807, 2.05) is 13.8 Å². The number of carbonyl (C=O) groups is 1. The first-order valence-electron chi connectivity index (χ1n) is 6.88. The van der Waals surface area contributed by atoms with Gasteiger partial charge in [0.15, 0.2) is 0 Å². The van der Waals surface area contributed by atoms with Crippen molar-refractivity contribution in [1.82, 2.24) is 10.2 Å². The molecule has 18 heavy (non-hydrogen) atoms. The maximum absolute atomic E-state index is 11.4. The average molecular weight is 257 g/mol. The largest absolute Gasteiger partial charge is 0.377 e. The molecule has 1 heterocycles. The van der Waals surface area contributed by atoms with Crippen molar-refractivity contribution in [3.63, 3.8) is 0 Å². The summed E-state index contributed by atoms with van der Waals surface area (Å²) in [4.78, 5) is 13.7. The molecule has 5 nitrogen and oxygen atoms in total. The third kappa shape index (κ3) is 5.80. The molecule has 1 saturated heterocycles. The highest BCUT2D eigenvalue weighted by Crippen LogP contribution is 2.07. The van der Waals surface area contributed by atoms with Gasteiger partial charge in [-0.25, -0.2) is 0 Å². The van der Waals surface area contributed by atoms with Crippen LogP contribution in [0.3, 0.4) is 0 Å². The Labute approximate surface area is 110 Å². The molecule has 0 bridgehead atoms. The average Bonchev–Trinajstić information content (AvgIpc) is 2.48. The molecule has 1 rings (SSSR count). The predicted octanol–water partition coefficient (Wildman–Crippen LogP) is 0.339. The number of hydrogen-bond acceptors (Lipinski definition) is 4. The summed E-state index contributed by atoms with van der Waals surface area (Å²) in [6, 6.07) is 0.0402. The summed E-state index contributed by atoms with van der Waals surface area (Å²) in [5.74, 6) is -0.261. The van der Waals surface area contributed by atoms with Gasteiger partial charge in [-0.15, -0.1) is 0 Å². The van der Waals surface area contributed by atoms with E-state index >= 15 is 0 Å². The molecular weight excluding hydrogens is 230 g/mol. The molecule has 106 valence electrons. The Morgan fingerprint density at radius 3 is 2.89 bits per heavy atom. The Balaban J connectivity index is 2.38. The zero-order chi connectivity index (χ0) is 13.5. The molecule has 2 unspecified atom stereocenters. The lowest BCUT2D eigenvalue weighted by Gasteiger charge is -2.25. The number of amides is 1. The van der Waals surface area contributed by atoms with E-state index in [9.17, 15) is 4.79 Å². The summed E-state index contributed by atoms with van der Waals surface area (Å²) in [6.07, 6.45) is 2.10. The lowest BCUT2D eigenvalue weighted by molar-refractivity contribution is -0.120. The number of nitrogens with two attached hydrogens (primary N) is 1. The van der Waals surface area contributed by atoms with Crippen LogP contribution in [-0.4, -0.2) is 55.2 Å². The lowest BCUT2D eigenvalue weighted by Crippen LogP contribution is -2.46. The van der Waals surface area contributed by atoms with Gasteiger partial charge in [-0.05, 0) is 19.8 Å². The predicted molar refractivity (Wildman–Crippen MR) is 72.3 cm³/mol. The zero-order valence-corrected chi connectivity index (χ0v) is 11.8. The fourth-order valence-corrected chi connectivity index (χ4v) is 2.31. The minimum absolute atomic E-state index is 0.232. The standard InChI is InChI=1S/C13H27N3O2/c1-10(2)15-12(13(14)17)5-7-16-6-4-8-18-11(3)9-16/h10-12,15H,4-9H2,1-3H3,(H2,14,17). The molecule has 0 aliphatic carbocycles. The summed E-state index contributed by atoms with van der Waals surface area (Å²) in [5.41, 5.74) is 5.41. The fourth-order valence-electron chi connectivity index (χ4n) is 2.31. The quantitative estimate of drug-likeness (QED) is 0.720. The van der Waals surface area contributed by atoms with E-state index in [4.69, 9.17) is 10.5 Å². The first kappa shape index (κ1) is 15.4. The first-order chi connectivity index (χ1) is 8.49. The molecule has 2 atom stereocenters. The summed E-state index contributed by atoms with van der Waals surface area (Å²) >= 11 is 0. The third-order valence-electron chi connectivity index (χ3n) is 3.15. The van der Waals surface area contributed by atoms with Crippen molar-refractivity contribution >= 4 is 5.91 Å². The minimum Gasteiger partial charge on any atom is -0.377 e. The van der Waals surface area contributed by atoms with E-state index in [1.165, 1.54) is 0 Å². The number of nitrogens with zero attached hydrogens (tertiary/aromatic N) is 1. The van der Waals surface area contributed by atoms with Crippen molar-refractivity contribution in [1.29, 1.82) is 0 Å². The number of nitrogens with one attached hydrogen (secondary N) is 1. The molecule has 0 aromatic carbocycles. The fraction of sp³-hybridized carbons (Fsp3) is 0.923. The Morgan fingerprint density at radius 2 is 2.28 bits per heavy atom. The van der Waals surface area contributed by atoms with Crippen molar-refractivity contribution in [3.05, 3.63) is 0 Å². The topological polar surface area (TPSA) is 67.6 Å². The van der Waals surface area contributed by atoms with Crippen LogP contribution >= 0.6 is 0 Å². The summed E-state index contributed by atoms with van der Waals surface area (Å²) in [7, 11) is 0. The van der Waals surface area contributed by atoms with Gasteiger partial charge in [0.2, 0.25) is 5.91 Å². The SMILES string of the molecule is CC(C)NC(CCN1CCCOC(C)C1)C(N)=O. The lowest BCUT2D eigenvalue weighted by atomic mass is 10.1. The van der Waals surface area contributed by atoms with Gasteiger partial charge in [0.25, 0.3) is 0 Å². The van der Waals surface area contributed by atoms with Gasteiger partial charge < -0.3 is 20.7 Å². The Kier molecular flexibility index (Phi) is 6.60. The molecule has 0 spiro atoms. The molecule has 0 aromatic rings. The normalized spacial score (nSPS) is 23.9. The van der Waals surface area contributed by atoms with E-state index in [2.05, 4.69) is 17.1 Å². The Hall–Kier alpha value is -0.650. The maximum atomic E-state index is 11.4. The van der Waals surface area contributed by atoms with E-state index in [0.29, 0.717) is 0 Å². The van der Waals surface area contributed by atoms with Gasteiger partial charge in [-0.1, -0.05) is 13.8 Å². The van der Waals surface area contributed by atoms with Crippen LogP contribution in [0.1, 0.15) is 33.6 Å². The molecule has 1 aliphatic rings. The van der Waals surface area contributed by atoms with Crippen molar-refractivity contribution in [2.24, 2.45) is 5.73 Å². The molecule has 3 N–H and O–H groups in total. The molecule has 0 aromatic heterocycles. The van der Waals surface area contributed by atoms with Gasteiger partial charge in [-0.2, -0.15) is 0 Å². The maximum Gasteiger partial charge on any atom is 0.234 e. The van der Waals surface area contributed by atoms with Gasteiger partial charge >= 0.3 is 0 Å². The number of ether oxygens (including phenoxy) is 1. The van der Waals surface area contributed by atoms with Gasteiger partial charge in [0.1, 0.15) is 0 Å². The van der Waals surface area contributed by atoms with Crippen LogP contribution in [0.15, 0.2) is 0 Å². The second-order valence-corrected chi connectivity index (χ2v) is 5.40. The van der Waals surface area contributed by atoms with Crippen LogP contribution in [0.25, 0.3) is 0 Å². The van der Waals surface area contributed by atoms with E-state index in [0.717, 1.165) is 39.1 Å². The van der Waals surface area contributed by atoms with Gasteiger partial charge in [0.05, 0.1) is 12.1 Å². The molecule has 5 heteroatoms. The molecular formula is C13H27N3O2. The van der Waals surface area contributed by atoms with Crippen LogP contribution in [0.5, 0.6) is 0 Å². The van der Waals surface area contributed by atoms with Gasteiger partial charge in [0, 0.05) is 32.3 Å². The van der Waals surface area contributed by atoms with E-state index in [1.54, 1.807) is 0 Å². The Bertz CT molecular complexity index is 259. The highest BCUT2D eigenvalue weighted by Gasteiger charge is 2.19. The second-order valence-electron chi connectivity index (χ2n) is 5.40. The number of carbonyl (C=O) groups excluding carboxylic acids is 1. The first-order valence-corrected chi connectivity index (χ1v) is 6.88. The number of primary amides is 1.